The molecular weight excluding hydrogens is 490 g/mol. The second kappa shape index (κ2) is 10.0. The normalized spacial score (nSPS) is 10.7. The molecule has 7 heteroatoms. The number of hydrogen-bond donors (Lipinski definition) is 1. The van der Waals surface area contributed by atoms with Crippen molar-refractivity contribution in [2.24, 2.45) is 0 Å². The number of amides is 1. The SMILES string of the molecule is Cc1ccc(Cn2cc(Br)c(NC(=O)c3ccc(COc4cccc(Cl)c4)cc3)n2)cc1. The summed E-state index contributed by atoms with van der Waals surface area (Å²) >= 11 is 9.45. The Kier molecular flexibility index (Phi) is 6.93. The number of halogens is 2. The van der Waals surface area contributed by atoms with E-state index in [1.54, 1.807) is 28.9 Å². The van der Waals surface area contributed by atoms with Gasteiger partial charge in [-0.2, -0.15) is 5.10 Å². The van der Waals surface area contributed by atoms with E-state index in [1.165, 1.54) is 5.56 Å². The van der Waals surface area contributed by atoms with Crippen LogP contribution in [0.3, 0.4) is 0 Å². The van der Waals surface area contributed by atoms with E-state index in [0.29, 0.717) is 35.3 Å². The zero-order valence-corrected chi connectivity index (χ0v) is 19.7. The molecule has 0 saturated carbocycles. The summed E-state index contributed by atoms with van der Waals surface area (Å²) in [6.45, 7) is 3.06. The molecule has 0 unspecified atom stereocenters. The van der Waals surface area contributed by atoms with E-state index in [9.17, 15) is 4.79 Å². The third-order valence-electron chi connectivity index (χ3n) is 4.83. The minimum Gasteiger partial charge on any atom is -0.489 e. The Morgan fingerprint density at radius 2 is 1.78 bits per heavy atom. The lowest BCUT2D eigenvalue weighted by atomic mass is 10.1. The Morgan fingerprint density at radius 1 is 1.06 bits per heavy atom. The van der Waals surface area contributed by atoms with E-state index < -0.39 is 0 Å². The van der Waals surface area contributed by atoms with E-state index in [-0.39, 0.29) is 5.91 Å². The molecule has 1 N–H and O–H groups in total. The van der Waals surface area contributed by atoms with Crippen molar-refractivity contribution in [3.05, 3.63) is 111 Å². The first-order valence-electron chi connectivity index (χ1n) is 10.0. The fraction of sp³-hybridized carbons (Fsp3) is 0.120. The minimum absolute atomic E-state index is 0.228. The van der Waals surface area contributed by atoms with Crippen LogP contribution in [0.5, 0.6) is 5.75 Å². The smallest absolute Gasteiger partial charge is 0.256 e. The van der Waals surface area contributed by atoms with Gasteiger partial charge in [0, 0.05) is 16.8 Å². The number of nitrogens with one attached hydrogen (secondary N) is 1. The fourth-order valence-electron chi connectivity index (χ4n) is 3.10. The standard InChI is InChI=1S/C25H21BrClN3O2/c1-17-5-7-18(8-6-17)14-30-15-23(26)24(29-30)28-25(31)20-11-9-19(10-12-20)16-32-22-4-2-3-21(27)13-22/h2-13,15H,14,16H2,1H3,(H,28,29,31). The number of carbonyl (C=O) groups excluding carboxylic acids is 1. The number of ether oxygens (including phenoxy) is 1. The lowest BCUT2D eigenvalue weighted by Gasteiger charge is -2.08. The van der Waals surface area contributed by atoms with Crippen LogP contribution in [-0.2, 0) is 13.2 Å². The maximum atomic E-state index is 12.7. The van der Waals surface area contributed by atoms with Crippen molar-refractivity contribution in [2.45, 2.75) is 20.1 Å². The molecule has 0 saturated heterocycles. The summed E-state index contributed by atoms with van der Waals surface area (Å²) in [6, 6.07) is 22.8. The maximum Gasteiger partial charge on any atom is 0.256 e. The van der Waals surface area contributed by atoms with E-state index in [4.69, 9.17) is 16.3 Å². The molecule has 0 atom stereocenters. The van der Waals surface area contributed by atoms with Crippen molar-refractivity contribution in [1.29, 1.82) is 0 Å². The highest BCUT2D eigenvalue weighted by Crippen LogP contribution is 2.22. The van der Waals surface area contributed by atoms with Gasteiger partial charge in [-0.1, -0.05) is 59.6 Å². The summed E-state index contributed by atoms with van der Waals surface area (Å²) < 4.78 is 8.26. The zero-order chi connectivity index (χ0) is 22.5. The van der Waals surface area contributed by atoms with Gasteiger partial charge >= 0.3 is 0 Å². The predicted octanol–water partition coefficient (Wildman–Crippen LogP) is 6.49. The van der Waals surface area contributed by atoms with E-state index in [0.717, 1.165) is 15.6 Å². The highest BCUT2D eigenvalue weighted by molar-refractivity contribution is 9.10. The van der Waals surface area contributed by atoms with Crippen molar-refractivity contribution in [3.8, 4) is 5.75 Å². The highest BCUT2D eigenvalue weighted by atomic mass is 79.9. The summed E-state index contributed by atoms with van der Waals surface area (Å²) in [5.41, 5.74) is 3.84. The summed E-state index contributed by atoms with van der Waals surface area (Å²) in [5.74, 6) is 0.953. The molecule has 0 aliphatic heterocycles. The number of benzene rings is 3. The van der Waals surface area contributed by atoms with Gasteiger partial charge in [0.25, 0.3) is 5.91 Å². The van der Waals surface area contributed by atoms with Gasteiger partial charge in [0.05, 0.1) is 11.0 Å². The quantitative estimate of drug-likeness (QED) is 0.309. The zero-order valence-electron chi connectivity index (χ0n) is 17.4. The molecule has 5 nitrogen and oxygen atoms in total. The van der Waals surface area contributed by atoms with Crippen molar-refractivity contribution in [2.75, 3.05) is 5.32 Å². The van der Waals surface area contributed by atoms with Crippen LogP contribution in [0.15, 0.2) is 83.5 Å². The van der Waals surface area contributed by atoms with Gasteiger partial charge in [0.15, 0.2) is 5.82 Å². The molecule has 1 amide bonds. The Hall–Kier alpha value is -3.09. The Bertz CT molecular complexity index is 1220. The van der Waals surface area contributed by atoms with Gasteiger partial charge in [0.1, 0.15) is 12.4 Å². The van der Waals surface area contributed by atoms with Gasteiger partial charge in [-0.05, 0) is 64.3 Å². The maximum absolute atomic E-state index is 12.7. The van der Waals surface area contributed by atoms with Crippen molar-refractivity contribution >= 4 is 39.3 Å². The molecule has 0 aliphatic rings. The molecular formula is C25H21BrClN3O2. The Balaban J connectivity index is 1.36. The Morgan fingerprint density at radius 3 is 2.50 bits per heavy atom. The van der Waals surface area contributed by atoms with Gasteiger partial charge in [-0.15, -0.1) is 0 Å². The predicted molar refractivity (Wildman–Crippen MR) is 130 cm³/mol. The number of rotatable bonds is 7. The van der Waals surface area contributed by atoms with Gasteiger partial charge in [-0.3, -0.25) is 9.48 Å². The molecule has 0 fully saturated rings. The largest absolute Gasteiger partial charge is 0.489 e. The van der Waals surface area contributed by atoms with E-state index >= 15 is 0 Å². The molecule has 32 heavy (non-hydrogen) atoms. The summed E-state index contributed by atoms with van der Waals surface area (Å²) in [7, 11) is 0. The van der Waals surface area contributed by atoms with Crippen LogP contribution in [-0.4, -0.2) is 15.7 Å². The average molecular weight is 511 g/mol. The van der Waals surface area contributed by atoms with Crippen LogP contribution in [0, 0.1) is 6.92 Å². The number of hydrogen-bond acceptors (Lipinski definition) is 3. The fourth-order valence-corrected chi connectivity index (χ4v) is 3.69. The molecule has 3 aromatic carbocycles. The van der Waals surface area contributed by atoms with Crippen LogP contribution < -0.4 is 10.1 Å². The monoisotopic (exact) mass is 509 g/mol. The summed E-state index contributed by atoms with van der Waals surface area (Å²) in [5, 5.41) is 7.98. The van der Waals surface area contributed by atoms with Crippen molar-refractivity contribution < 1.29 is 9.53 Å². The summed E-state index contributed by atoms with van der Waals surface area (Å²) in [4.78, 5) is 12.7. The Labute approximate surface area is 200 Å². The molecule has 0 radical (unpaired) electrons. The number of anilines is 1. The van der Waals surface area contributed by atoms with Crippen LogP contribution >= 0.6 is 27.5 Å². The highest BCUT2D eigenvalue weighted by Gasteiger charge is 2.12. The molecule has 0 aliphatic carbocycles. The van der Waals surface area contributed by atoms with Crippen LogP contribution in [0.2, 0.25) is 5.02 Å². The van der Waals surface area contributed by atoms with Crippen LogP contribution in [0.25, 0.3) is 0 Å². The van der Waals surface area contributed by atoms with Gasteiger partial charge in [-0.25, -0.2) is 0 Å². The third kappa shape index (κ3) is 5.78. The topological polar surface area (TPSA) is 56.2 Å². The van der Waals surface area contributed by atoms with Crippen molar-refractivity contribution in [1.82, 2.24) is 9.78 Å². The molecule has 162 valence electrons. The van der Waals surface area contributed by atoms with Crippen molar-refractivity contribution in [3.63, 3.8) is 0 Å². The number of aromatic nitrogens is 2. The number of aryl methyl sites for hydroxylation is 1. The van der Waals surface area contributed by atoms with Crippen LogP contribution in [0.1, 0.15) is 27.0 Å². The second-order valence-corrected chi connectivity index (χ2v) is 8.70. The third-order valence-corrected chi connectivity index (χ3v) is 5.65. The van der Waals surface area contributed by atoms with E-state index in [2.05, 4.69) is 57.5 Å². The molecule has 4 rings (SSSR count). The second-order valence-electron chi connectivity index (χ2n) is 7.41. The minimum atomic E-state index is -0.228. The lowest BCUT2D eigenvalue weighted by molar-refractivity contribution is 0.102. The molecule has 0 spiro atoms. The van der Waals surface area contributed by atoms with E-state index in [1.807, 2.05) is 30.5 Å². The van der Waals surface area contributed by atoms with Gasteiger partial charge in [0.2, 0.25) is 0 Å². The number of nitrogens with zero attached hydrogens (tertiary/aromatic N) is 2. The molecule has 4 aromatic rings. The van der Waals surface area contributed by atoms with Crippen LogP contribution in [0.4, 0.5) is 5.82 Å². The first kappa shape index (κ1) is 22.1. The summed E-state index contributed by atoms with van der Waals surface area (Å²) in [6.07, 6.45) is 1.85. The molecule has 0 bridgehead atoms. The molecule has 1 heterocycles. The molecule has 1 aromatic heterocycles. The van der Waals surface area contributed by atoms with Gasteiger partial charge < -0.3 is 10.1 Å². The first-order chi connectivity index (χ1) is 15.5. The first-order valence-corrected chi connectivity index (χ1v) is 11.2. The number of carbonyl (C=O) groups is 1. The average Bonchev–Trinajstić information content (AvgIpc) is 3.12. The lowest BCUT2D eigenvalue weighted by Crippen LogP contribution is -2.13.